The van der Waals surface area contributed by atoms with Crippen LogP contribution in [0.5, 0.6) is 0 Å². The van der Waals surface area contributed by atoms with Crippen LogP contribution in [0.4, 0.5) is 0 Å². The third-order valence-electron chi connectivity index (χ3n) is 6.44. The first-order valence-electron chi connectivity index (χ1n) is 7.02. The van der Waals surface area contributed by atoms with Crippen LogP contribution in [0, 0.1) is 35.5 Å². The van der Waals surface area contributed by atoms with Crippen molar-refractivity contribution in [3.05, 3.63) is 0 Å². The normalized spacial score (nSPS) is 68.5. The third kappa shape index (κ3) is 0.811. The molecule has 2 bridgehead atoms. The highest BCUT2D eigenvalue weighted by molar-refractivity contribution is 5.23. The summed E-state index contributed by atoms with van der Waals surface area (Å²) in [6.45, 7) is 0. The van der Waals surface area contributed by atoms with Crippen LogP contribution in [0.2, 0.25) is 0 Å². The summed E-state index contributed by atoms with van der Waals surface area (Å²) in [7, 11) is 3.51. The predicted molar refractivity (Wildman–Crippen MR) is 57.2 cm³/mol. The molecule has 4 saturated heterocycles. The molecule has 4 aliphatic heterocycles. The lowest BCUT2D eigenvalue weighted by Crippen LogP contribution is -2.51. The lowest BCUT2D eigenvalue weighted by Gasteiger charge is -2.42. The van der Waals surface area contributed by atoms with Gasteiger partial charge in [0, 0.05) is 49.7 Å². The van der Waals surface area contributed by atoms with Crippen LogP contribution < -0.4 is 0 Å². The first-order chi connectivity index (χ1) is 9.30. The molecule has 6 heteroatoms. The van der Waals surface area contributed by atoms with Gasteiger partial charge in [0.1, 0.15) is 0 Å². The monoisotopic (exact) mass is 268 g/mol. The van der Waals surface area contributed by atoms with E-state index in [9.17, 15) is 0 Å². The fraction of sp³-hybridized carbons (Fsp3) is 1.00. The van der Waals surface area contributed by atoms with Crippen molar-refractivity contribution in [2.75, 3.05) is 14.2 Å². The molecule has 6 nitrogen and oxygen atoms in total. The first-order valence-corrected chi connectivity index (χ1v) is 7.02. The molecule has 4 heterocycles. The highest BCUT2D eigenvalue weighted by Crippen LogP contribution is 2.76. The minimum Gasteiger partial charge on any atom is -0.353 e. The Morgan fingerprint density at radius 1 is 0.632 bits per heavy atom. The van der Waals surface area contributed by atoms with E-state index in [1.165, 1.54) is 0 Å². The van der Waals surface area contributed by atoms with Crippen molar-refractivity contribution in [2.45, 2.75) is 30.9 Å². The van der Waals surface area contributed by atoms with Crippen LogP contribution in [-0.4, -0.2) is 45.2 Å². The SMILES string of the molecule is COC1(OC)C2C3C4OC5OC6OC(O4)C2C6C1C53. The summed E-state index contributed by atoms with van der Waals surface area (Å²) < 4.78 is 35.6. The molecule has 4 atom stereocenters. The van der Waals surface area contributed by atoms with Gasteiger partial charge >= 0.3 is 0 Å². The fourth-order valence-corrected chi connectivity index (χ4v) is 6.18. The molecule has 0 amide bonds. The highest BCUT2D eigenvalue weighted by Gasteiger charge is 2.86. The Morgan fingerprint density at radius 2 is 0.947 bits per heavy atom. The van der Waals surface area contributed by atoms with E-state index < -0.39 is 5.79 Å². The van der Waals surface area contributed by atoms with Crippen molar-refractivity contribution >= 4 is 0 Å². The van der Waals surface area contributed by atoms with Gasteiger partial charge in [-0.25, -0.2) is 0 Å². The van der Waals surface area contributed by atoms with E-state index in [1.54, 1.807) is 14.2 Å². The molecular formula is C13H16O6. The van der Waals surface area contributed by atoms with Crippen molar-refractivity contribution in [1.29, 1.82) is 0 Å². The lowest BCUT2D eigenvalue weighted by atomic mass is 9.67. The van der Waals surface area contributed by atoms with Gasteiger partial charge in [-0.1, -0.05) is 0 Å². The topological polar surface area (TPSA) is 55.4 Å². The van der Waals surface area contributed by atoms with Gasteiger partial charge < -0.3 is 28.4 Å². The Morgan fingerprint density at radius 3 is 1.21 bits per heavy atom. The Labute approximate surface area is 110 Å². The van der Waals surface area contributed by atoms with E-state index >= 15 is 0 Å². The molecular weight excluding hydrogens is 252 g/mol. The van der Waals surface area contributed by atoms with Crippen molar-refractivity contribution < 1.29 is 28.4 Å². The average Bonchev–Trinajstić information content (AvgIpc) is 3.12. The van der Waals surface area contributed by atoms with Gasteiger partial charge in [-0.15, -0.1) is 0 Å². The smallest absolute Gasteiger partial charge is 0.175 e. The van der Waals surface area contributed by atoms with Crippen LogP contribution in [0.15, 0.2) is 0 Å². The molecule has 0 aromatic heterocycles. The van der Waals surface area contributed by atoms with Crippen molar-refractivity contribution in [3.63, 3.8) is 0 Å². The number of hydrogen-bond donors (Lipinski definition) is 0. The van der Waals surface area contributed by atoms with Crippen LogP contribution in [0.3, 0.4) is 0 Å². The molecule has 0 radical (unpaired) electrons. The maximum absolute atomic E-state index is 5.98. The van der Waals surface area contributed by atoms with Gasteiger partial charge in [0.25, 0.3) is 0 Å². The highest BCUT2D eigenvalue weighted by atomic mass is 16.9. The van der Waals surface area contributed by atoms with Crippen LogP contribution in [0.25, 0.3) is 0 Å². The van der Waals surface area contributed by atoms with E-state index in [0.29, 0.717) is 35.5 Å². The fourth-order valence-electron chi connectivity index (χ4n) is 6.18. The zero-order valence-corrected chi connectivity index (χ0v) is 10.7. The third-order valence-corrected chi connectivity index (χ3v) is 6.44. The molecule has 6 aliphatic rings. The second-order valence-electron chi connectivity index (χ2n) is 6.51. The quantitative estimate of drug-likeness (QED) is 0.663. The largest absolute Gasteiger partial charge is 0.353 e. The summed E-state index contributed by atoms with van der Waals surface area (Å²) in [5.41, 5.74) is 0. The van der Waals surface area contributed by atoms with Gasteiger partial charge in [0.2, 0.25) is 0 Å². The summed E-state index contributed by atoms with van der Waals surface area (Å²) in [5.74, 6) is 1.35. The Bertz CT molecular complexity index is 398. The molecule has 19 heavy (non-hydrogen) atoms. The number of methoxy groups -OCH3 is 2. The summed E-state index contributed by atoms with van der Waals surface area (Å²) in [4.78, 5) is 0. The van der Waals surface area contributed by atoms with Gasteiger partial charge in [-0.2, -0.15) is 0 Å². The number of hydrogen-bond acceptors (Lipinski definition) is 6. The van der Waals surface area contributed by atoms with Crippen molar-refractivity contribution in [3.8, 4) is 0 Å². The van der Waals surface area contributed by atoms with E-state index in [0.717, 1.165) is 0 Å². The zero-order valence-electron chi connectivity index (χ0n) is 10.7. The Hall–Kier alpha value is -0.240. The molecule has 104 valence electrons. The van der Waals surface area contributed by atoms with Gasteiger partial charge in [0.15, 0.2) is 30.9 Å². The van der Waals surface area contributed by atoms with Gasteiger partial charge in [0.05, 0.1) is 0 Å². The van der Waals surface area contributed by atoms with Crippen molar-refractivity contribution in [2.24, 2.45) is 35.5 Å². The zero-order chi connectivity index (χ0) is 12.5. The molecule has 0 spiro atoms. The van der Waals surface area contributed by atoms with Gasteiger partial charge in [-0.05, 0) is 0 Å². The summed E-state index contributed by atoms with van der Waals surface area (Å²) in [6.07, 6.45) is -0.904. The van der Waals surface area contributed by atoms with E-state index in [2.05, 4.69) is 0 Å². The second kappa shape index (κ2) is 2.86. The predicted octanol–water partition coefficient (Wildman–Crippen LogP) is 0.125. The maximum Gasteiger partial charge on any atom is 0.175 e. The van der Waals surface area contributed by atoms with Crippen LogP contribution in [0.1, 0.15) is 0 Å². The Kier molecular flexibility index (Phi) is 1.58. The minimum absolute atomic E-state index is 0.226. The van der Waals surface area contributed by atoms with Crippen molar-refractivity contribution in [1.82, 2.24) is 0 Å². The van der Waals surface area contributed by atoms with Crippen LogP contribution in [-0.2, 0) is 28.4 Å². The summed E-state index contributed by atoms with van der Waals surface area (Å²) >= 11 is 0. The molecule has 2 saturated carbocycles. The number of rotatable bonds is 2. The Balaban J connectivity index is 1.63. The van der Waals surface area contributed by atoms with E-state index in [1.807, 2.05) is 0 Å². The summed E-state index contributed by atoms with van der Waals surface area (Å²) in [5, 5.41) is 0. The van der Waals surface area contributed by atoms with Gasteiger partial charge in [-0.3, -0.25) is 0 Å². The average molecular weight is 268 g/mol. The summed E-state index contributed by atoms with van der Waals surface area (Å²) in [6, 6.07) is 0. The van der Waals surface area contributed by atoms with Crippen LogP contribution >= 0.6 is 0 Å². The standard InChI is InChI=1S/C13H16O6/c1-14-13(15-2)7-3-4-8(13)6-5(7)11-17-12(6)19-10(4)16-9(3)18-11/h3-12H,1-2H3. The minimum atomic E-state index is -0.501. The maximum atomic E-state index is 5.98. The molecule has 4 unspecified atom stereocenters. The first kappa shape index (κ1) is 10.5. The molecule has 6 fully saturated rings. The molecule has 0 aromatic rings. The second-order valence-corrected chi connectivity index (χ2v) is 6.51. The molecule has 0 N–H and O–H groups in total. The molecule has 2 aliphatic carbocycles. The number of ether oxygens (including phenoxy) is 6. The van der Waals surface area contributed by atoms with E-state index in [-0.39, 0.29) is 25.2 Å². The molecule has 0 aromatic carbocycles. The lowest BCUT2D eigenvalue weighted by molar-refractivity contribution is -0.392. The molecule has 6 rings (SSSR count). The van der Waals surface area contributed by atoms with E-state index in [4.69, 9.17) is 28.4 Å².